The number of fused-ring (bicyclic) bond motifs is 1. The van der Waals surface area contributed by atoms with Gasteiger partial charge in [0.05, 0.1) is 10.9 Å². The van der Waals surface area contributed by atoms with E-state index in [-0.39, 0.29) is 23.1 Å². The van der Waals surface area contributed by atoms with Crippen molar-refractivity contribution in [1.82, 2.24) is 9.88 Å². The maximum Gasteiger partial charge on any atom is 0.341 e. The molecule has 156 valence electrons. The standard InChI is InChI=1S/C21H18ClF2N3O3/c22-13-3-1-2-12(8-13)10-27-11-15(21(29)30)20(28)14-9-16(23)19(17(24)18(14)27)26-6-4-25-5-7-26/h1-3,8-9,11,25H,4-7,10H2,(H,29,30). The average molecular weight is 434 g/mol. The summed E-state index contributed by atoms with van der Waals surface area (Å²) in [5.41, 5.74) is -1.16. The Labute approximate surface area is 175 Å². The molecular weight excluding hydrogens is 416 g/mol. The van der Waals surface area contributed by atoms with Gasteiger partial charge in [-0.25, -0.2) is 13.6 Å². The van der Waals surface area contributed by atoms with E-state index in [0.29, 0.717) is 36.8 Å². The fourth-order valence-electron chi connectivity index (χ4n) is 3.76. The summed E-state index contributed by atoms with van der Waals surface area (Å²) in [4.78, 5) is 25.8. The van der Waals surface area contributed by atoms with Crippen LogP contribution in [0.25, 0.3) is 10.9 Å². The van der Waals surface area contributed by atoms with E-state index in [2.05, 4.69) is 5.32 Å². The minimum atomic E-state index is -1.46. The van der Waals surface area contributed by atoms with Crippen LogP contribution in [0.15, 0.2) is 41.3 Å². The molecule has 0 atom stereocenters. The topological polar surface area (TPSA) is 74.6 Å². The number of halogens is 3. The third-order valence-electron chi connectivity index (χ3n) is 5.14. The quantitative estimate of drug-likeness (QED) is 0.661. The van der Waals surface area contributed by atoms with Crippen molar-refractivity contribution in [3.63, 3.8) is 0 Å². The number of hydrogen-bond acceptors (Lipinski definition) is 4. The molecule has 1 fully saturated rings. The molecule has 3 aromatic rings. The van der Waals surface area contributed by atoms with E-state index in [1.54, 1.807) is 29.2 Å². The number of rotatable bonds is 4. The van der Waals surface area contributed by atoms with Crippen LogP contribution in [0.5, 0.6) is 0 Å². The predicted octanol–water partition coefficient (Wildman–Crippen LogP) is 3.09. The molecule has 0 aliphatic carbocycles. The number of carboxylic acid groups (broad SMARTS) is 1. The smallest absolute Gasteiger partial charge is 0.341 e. The lowest BCUT2D eigenvalue weighted by molar-refractivity contribution is 0.0695. The minimum Gasteiger partial charge on any atom is -0.477 e. The summed E-state index contributed by atoms with van der Waals surface area (Å²) in [6.45, 7) is 2.02. The summed E-state index contributed by atoms with van der Waals surface area (Å²) < 4.78 is 31.8. The lowest BCUT2D eigenvalue weighted by Gasteiger charge is -2.30. The molecule has 2 N–H and O–H groups in total. The number of carboxylic acids is 1. The molecule has 0 saturated carbocycles. The molecular formula is C21H18ClF2N3O3. The molecule has 1 aliphatic rings. The van der Waals surface area contributed by atoms with Gasteiger partial charge in [-0.1, -0.05) is 23.7 Å². The summed E-state index contributed by atoms with van der Waals surface area (Å²) in [6, 6.07) is 7.72. The van der Waals surface area contributed by atoms with Gasteiger partial charge in [-0.15, -0.1) is 0 Å². The van der Waals surface area contributed by atoms with Crippen LogP contribution in [0.2, 0.25) is 5.02 Å². The number of nitrogens with zero attached hydrogens (tertiary/aromatic N) is 2. The molecule has 1 aliphatic heterocycles. The lowest BCUT2D eigenvalue weighted by atomic mass is 10.1. The Kier molecular flexibility index (Phi) is 5.44. The van der Waals surface area contributed by atoms with Gasteiger partial charge in [0.1, 0.15) is 17.1 Å². The molecule has 0 amide bonds. The number of aromatic nitrogens is 1. The SMILES string of the molecule is O=C(O)c1cn(Cc2cccc(Cl)c2)c2c(F)c(N3CCNCC3)c(F)cc2c1=O. The first kappa shape index (κ1) is 20.3. The third kappa shape index (κ3) is 3.64. The first-order valence-corrected chi connectivity index (χ1v) is 9.73. The van der Waals surface area contributed by atoms with Gasteiger partial charge in [0.2, 0.25) is 5.43 Å². The monoisotopic (exact) mass is 433 g/mol. The Morgan fingerprint density at radius 2 is 1.93 bits per heavy atom. The second-order valence-electron chi connectivity index (χ2n) is 7.09. The molecule has 0 unspecified atom stereocenters. The van der Waals surface area contributed by atoms with Crippen molar-refractivity contribution in [3.05, 3.63) is 74.5 Å². The Bertz CT molecular complexity index is 1210. The lowest BCUT2D eigenvalue weighted by Crippen LogP contribution is -2.44. The second-order valence-corrected chi connectivity index (χ2v) is 7.53. The normalized spacial score (nSPS) is 14.3. The van der Waals surface area contributed by atoms with E-state index in [0.717, 1.165) is 12.3 Å². The molecule has 2 aromatic carbocycles. The average Bonchev–Trinajstić information content (AvgIpc) is 2.70. The molecule has 1 aromatic heterocycles. The summed E-state index contributed by atoms with van der Waals surface area (Å²) in [5, 5.41) is 12.7. The van der Waals surface area contributed by atoms with Gasteiger partial charge < -0.3 is 19.9 Å². The highest BCUT2D eigenvalue weighted by molar-refractivity contribution is 6.30. The summed E-state index contributed by atoms with van der Waals surface area (Å²) in [5.74, 6) is -3.24. The Morgan fingerprint density at radius 1 is 1.20 bits per heavy atom. The van der Waals surface area contributed by atoms with Crippen LogP contribution < -0.4 is 15.6 Å². The number of carbonyl (C=O) groups is 1. The number of pyridine rings is 1. The molecule has 2 heterocycles. The highest BCUT2D eigenvalue weighted by Gasteiger charge is 2.25. The maximum atomic E-state index is 15.6. The van der Waals surface area contributed by atoms with E-state index >= 15 is 4.39 Å². The maximum absolute atomic E-state index is 15.6. The summed E-state index contributed by atoms with van der Waals surface area (Å²) in [6.07, 6.45) is 1.09. The van der Waals surface area contributed by atoms with Crippen molar-refractivity contribution < 1.29 is 18.7 Å². The molecule has 30 heavy (non-hydrogen) atoms. The molecule has 4 rings (SSSR count). The minimum absolute atomic E-state index is 0.0567. The van der Waals surface area contributed by atoms with E-state index in [9.17, 15) is 19.1 Å². The number of anilines is 1. The van der Waals surface area contributed by atoms with Crippen molar-refractivity contribution in [2.75, 3.05) is 31.1 Å². The number of piperazine rings is 1. The first-order chi connectivity index (χ1) is 14.4. The van der Waals surface area contributed by atoms with E-state index in [1.165, 1.54) is 4.57 Å². The summed E-state index contributed by atoms with van der Waals surface area (Å²) >= 11 is 6.03. The van der Waals surface area contributed by atoms with E-state index < -0.39 is 28.6 Å². The summed E-state index contributed by atoms with van der Waals surface area (Å²) in [7, 11) is 0. The van der Waals surface area contributed by atoms with Crippen LogP contribution >= 0.6 is 11.6 Å². The predicted molar refractivity (Wildman–Crippen MR) is 111 cm³/mol. The fourth-order valence-corrected chi connectivity index (χ4v) is 3.98. The molecule has 0 radical (unpaired) electrons. The highest BCUT2D eigenvalue weighted by Crippen LogP contribution is 2.31. The van der Waals surface area contributed by atoms with Gasteiger partial charge in [0.25, 0.3) is 0 Å². The van der Waals surface area contributed by atoms with Crippen molar-refractivity contribution in [2.24, 2.45) is 0 Å². The zero-order chi connectivity index (χ0) is 21.4. The highest BCUT2D eigenvalue weighted by atomic mass is 35.5. The van der Waals surface area contributed by atoms with Crippen LogP contribution in [-0.2, 0) is 6.54 Å². The van der Waals surface area contributed by atoms with Crippen LogP contribution in [0.3, 0.4) is 0 Å². The number of aromatic carboxylic acids is 1. The number of hydrogen-bond donors (Lipinski definition) is 2. The van der Waals surface area contributed by atoms with Crippen molar-refractivity contribution in [2.45, 2.75) is 6.54 Å². The molecule has 0 bridgehead atoms. The molecule has 6 nitrogen and oxygen atoms in total. The third-order valence-corrected chi connectivity index (χ3v) is 5.37. The molecule has 9 heteroatoms. The molecule has 1 saturated heterocycles. The second kappa shape index (κ2) is 8.04. The van der Waals surface area contributed by atoms with Gasteiger partial charge in [0.15, 0.2) is 5.82 Å². The van der Waals surface area contributed by atoms with Crippen LogP contribution in [-0.4, -0.2) is 41.8 Å². The van der Waals surface area contributed by atoms with Crippen molar-refractivity contribution in [1.29, 1.82) is 0 Å². The van der Waals surface area contributed by atoms with Crippen LogP contribution in [0, 0.1) is 11.6 Å². The fraction of sp³-hybridized carbons (Fsp3) is 0.238. The van der Waals surface area contributed by atoms with Crippen molar-refractivity contribution in [3.8, 4) is 0 Å². The Hall–Kier alpha value is -2.97. The van der Waals surface area contributed by atoms with E-state index in [1.807, 2.05) is 0 Å². The van der Waals surface area contributed by atoms with Gasteiger partial charge in [0, 0.05) is 43.9 Å². The first-order valence-electron chi connectivity index (χ1n) is 9.35. The number of nitrogens with one attached hydrogen (secondary N) is 1. The molecule has 0 spiro atoms. The zero-order valence-electron chi connectivity index (χ0n) is 15.8. The van der Waals surface area contributed by atoms with Crippen LogP contribution in [0.1, 0.15) is 15.9 Å². The van der Waals surface area contributed by atoms with Gasteiger partial charge in [-0.2, -0.15) is 0 Å². The van der Waals surface area contributed by atoms with E-state index in [4.69, 9.17) is 11.6 Å². The zero-order valence-corrected chi connectivity index (χ0v) is 16.5. The largest absolute Gasteiger partial charge is 0.477 e. The van der Waals surface area contributed by atoms with Gasteiger partial charge in [-0.05, 0) is 23.8 Å². The van der Waals surface area contributed by atoms with Gasteiger partial charge >= 0.3 is 5.97 Å². The Morgan fingerprint density at radius 3 is 2.60 bits per heavy atom. The van der Waals surface area contributed by atoms with Gasteiger partial charge in [-0.3, -0.25) is 4.79 Å². The Balaban J connectivity index is 1.98. The van der Waals surface area contributed by atoms with Crippen molar-refractivity contribution >= 4 is 34.2 Å². The number of benzene rings is 2. The van der Waals surface area contributed by atoms with Crippen LogP contribution in [0.4, 0.5) is 14.5 Å².